The van der Waals surface area contributed by atoms with Crippen LogP contribution >= 0.6 is 0 Å². The van der Waals surface area contributed by atoms with E-state index < -0.39 is 0 Å². The summed E-state index contributed by atoms with van der Waals surface area (Å²) in [6.07, 6.45) is 3.63. The van der Waals surface area contributed by atoms with Crippen molar-refractivity contribution in [1.82, 2.24) is 0 Å². The van der Waals surface area contributed by atoms with E-state index in [-0.39, 0.29) is 11.9 Å². The van der Waals surface area contributed by atoms with Crippen molar-refractivity contribution in [1.29, 1.82) is 0 Å². The van der Waals surface area contributed by atoms with Gasteiger partial charge in [0.05, 0.1) is 39.3 Å². The Morgan fingerprint density at radius 2 is 1.95 bits per heavy atom. The van der Waals surface area contributed by atoms with Crippen LogP contribution in [0.4, 0.5) is 0 Å². The van der Waals surface area contributed by atoms with Crippen LogP contribution in [0.15, 0.2) is 24.3 Å². The highest BCUT2D eigenvalue weighted by Crippen LogP contribution is 2.12. The number of ether oxygens (including phenoxy) is 2. The zero-order chi connectivity index (χ0) is 15.8. The summed E-state index contributed by atoms with van der Waals surface area (Å²) >= 11 is 0. The Balaban J connectivity index is 1.61. The second kappa shape index (κ2) is 8.54. The molecule has 0 spiro atoms. The standard InChI is InChI=1S/C17H23NO4/c1-21-17(20)15-7-10-18(11-8-15)9-2-12-22-16-5-3-14(13-19)4-6-16/h3-6,13,15H,2,7-12H2,1H3/p+1. The van der Waals surface area contributed by atoms with Crippen LogP contribution in [-0.4, -0.2) is 45.6 Å². The number of esters is 1. The van der Waals surface area contributed by atoms with E-state index in [1.54, 1.807) is 12.1 Å². The third kappa shape index (κ3) is 4.84. The molecule has 5 heteroatoms. The minimum Gasteiger partial charge on any atom is -0.493 e. The summed E-state index contributed by atoms with van der Waals surface area (Å²) in [5, 5.41) is 0. The van der Waals surface area contributed by atoms with Crippen LogP contribution in [0.25, 0.3) is 0 Å². The van der Waals surface area contributed by atoms with Crippen LogP contribution in [0.3, 0.4) is 0 Å². The summed E-state index contributed by atoms with van der Waals surface area (Å²) in [5.74, 6) is 0.812. The molecular weight excluding hydrogens is 282 g/mol. The van der Waals surface area contributed by atoms with Gasteiger partial charge in [0.2, 0.25) is 0 Å². The van der Waals surface area contributed by atoms with Gasteiger partial charge in [0, 0.05) is 24.8 Å². The molecule has 1 N–H and O–H groups in total. The first-order chi connectivity index (χ1) is 10.7. The van der Waals surface area contributed by atoms with E-state index in [0.29, 0.717) is 12.2 Å². The summed E-state index contributed by atoms with van der Waals surface area (Å²) in [6, 6.07) is 7.15. The fourth-order valence-electron chi connectivity index (χ4n) is 2.83. The van der Waals surface area contributed by atoms with Crippen LogP contribution in [0.2, 0.25) is 0 Å². The Morgan fingerprint density at radius 3 is 2.55 bits per heavy atom. The summed E-state index contributed by atoms with van der Waals surface area (Å²) < 4.78 is 10.5. The molecule has 1 aliphatic rings. The van der Waals surface area contributed by atoms with Crippen molar-refractivity contribution in [2.75, 3.05) is 33.4 Å². The fraction of sp³-hybridized carbons (Fsp3) is 0.529. The number of aldehydes is 1. The van der Waals surface area contributed by atoms with Crippen molar-refractivity contribution in [3.05, 3.63) is 29.8 Å². The number of nitrogens with one attached hydrogen (secondary N) is 1. The van der Waals surface area contributed by atoms with E-state index in [1.165, 1.54) is 12.0 Å². The van der Waals surface area contributed by atoms with E-state index >= 15 is 0 Å². The smallest absolute Gasteiger partial charge is 0.309 e. The highest BCUT2D eigenvalue weighted by atomic mass is 16.5. The molecule has 1 aliphatic heterocycles. The van der Waals surface area contributed by atoms with Crippen molar-refractivity contribution in [3.63, 3.8) is 0 Å². The number of hydrogen-bond acceptors (Lipinski definition) is 4. The number of piperidine rings is 1. The number of likely N-dealkylation sites (tertiary alicyclic amines) is 1. The van der Waals surface area contributed by atoms with Crippen LogP contribution in [-0.2, 0) is 9.53 Å². The molecule has 1 aromatic rings. The summed E-state index contributed by atoms with van der Waals surface area (Å²) in [4.78, 5) is 23.6. The highest BCUT2D eigenvalue weighted by molar-refractivity contribution is 5.74. The molecule has 0 aliphatic carbocycles. The zero-order valence-electron chi connectivity index (χ0n) is 13.0. The Morgan fingerprint density at radius 1 is 1.27 bits per heavy atom. The van der Waals surface area contributed by atoms with Gasteiger partial charge in [-0.1, -0.05) is 0 Å². The molecular formula is C17H24NO4+. The number of carbonyl (C=O) groups is 2. The van der Waals surface area contributed by atoms with Gasteiger partial charge in [0.1, 0.15) is 12.0 Å². The number of quaternary nitrogens is 1. The van der Waals surface area contributed by atoms with Gasteiger partial charge in [-0.25, -0.2) is 0 Å². The summed E-state index contributed by atoms with van der Waals surface area (Å²) in [7, 11) is 1.46. The van der Waals surface area contributed by atoms with Crippen molar-refractivity contribution in [2.24, 2.45) is 5.92 Å². The lowest BCUT2D eigenvalue weighted by Crippen LogP contribution is -3.13. The predicted octanol–water partition coefficient (Wildman–Crippen LogP) is 0.736. The molecule has 0 bridgehead atoms. The lowest BCUT2D eigenvalue weighted by atomic mass is 9.97. The maximum atomic E-state index is 11.5. The predicted molar refractivity (Wildman–Crippen MR) is 82.2 cm³/mol. The van der Waals surface area contributed by atoms with E-state index in [4.69, 9.17) is 9.47 Å². The second-order valence-electron chi connectivity index (χ2n) is 5.69. The molecule has 0 aromatic heterocycles. The summed E-state index contributed by atoms with van der Waals surface area (Å²) in [6.45, 7) is 3.77. The second-order valence-corrected chi connectivity index (χ2v) is 5.69. The number of hydrogen-bond donors (Lipinski definition) is 1. The minimum atomic E-state index is -0.0684. The van der Waals surface area contributed by atoms with Crippen LogP contribution in [0.1, 0.15) is 29.6 Å². The zero-order valence-corrected chi connectivity index (χ0v) is 13.0. The average Bonchev–Trinajstić information content (AvgIpc) is 2.59. The molecule has 0 unspecified atom stereocenters. The van der Waals surface area contributed by atoms with Crippen LogP contribution < -0.4 is 9.64 Å². The van der Waals surface area contributed by atoms with Crippen LogP contribution in [0, 0.1) is 5.92 Å². The van der Waals surface area contributed by atoms with Gasteiger partial charge >= 0.3 is 5.97 Å². The first kappa shape index (κ1) is 16.5. The van der Waals surface area contributed by atoms with Crippen molar-refractivity contribution in [3.8, 4) is 5.75 Å². The molecule has 22 heavy (non-hydrogen) atoms. The molecule has 5 nitrogen and oxygen atoms in total. The topological polar surface area (TPSA) is 57.0 Å². The fourth-order valence-corrected chi connectivity index (χ4v) is 2.83. The van der Waals surface area contributed by atoms with Crippen molar-refractivity contribution >= 4 is 12.3 Å². The Kier molecular flexibility index (Phi) is 6.40. The minimum absolute atomic E-state index is 0.0684. The number of rotatable bonds is 7. The Hall–Kier alpha value is -1.88. The van der Waals surface area contributed by atoms with Crippen molar-refractivity contribution in [2.45, 2.75) is 19.3 Å². The molecule has 0 saturated carbocycles. The maximum absolute atomic E-state index is 11.5. The van der Waals surface area contributed by atoms with E-state index in [0.717, 1.165) is 50.9 Å². The van der Waals surface area contributed by atoms with E-state index in [9.17, 15) is 9.59 Å². The molecule has 0 radical (unpaired) electrons. The molecule has 1 fully saturated rings. The first-order valence-electron chi connectivity index (χ1n) is 7.82. The van der Waals surface area contributed by atoms with Gasteiger partial charge in [-0.15, -0.1) is 0 Å². The van der Waals surface area contributed by atoms with Gasteiger partial charge in [-0.3, -0.25) is 9.59 Å². The Labute approximate surface area is 131 Å². The highest BCUT2D eigenvalue weighted by Gasteiger charge is 2.27. The molecule has 0 amide bonds. The quantitative estimate of drug-likeness (QED) is 0.458. The van der Waals surface area contributed by atoms with Gasteiger partial charge in [-0.05, 0) is 24.3 Å². The van der Waals surface area contributed by atoms with E-state index in [1.807, 2.05) is 12.1 Å². The molecule has 2 rings (SSSR count). The Bertz CT molecular complexity index is 478. The molecule has 1 heterocycles. The van der Waals surface area contributed by atoms with Gasteiger partial charge in [-0.2, -0.15) is 0 Å². The van der Waals surface area contributed by atoms with Gasteiger partial charge < -0.3 is 14.4 Å². The van der Waals surface area contributed by atoms with Gasteiger partial charge in [0.15, 0.2) is 0 Å². The van der Waals surface area contributed by atoms with Gasteiger partial charge in [0.25, 0.3) is 0 Å². The number of methoxy groups -OCH3 is 1. The number of carbonyl (C=O) groups excluding carboxylic acids is 2. The lowest BCUT2D eigenvalue weighted by molar-refractivity contribution is -0.906. The molecule has 0 atom stereocenters. The normalized spacial score (nSPS) is 21.1. The van der Waals surface area contributed by atoms with Crippen LogP contribution in [0.5, 0.6) is 5.75 Å². The largest absolute Gasteiger partial charge is 0.493 e. The van der Waals surface area contributed by atoms with Crippen molar-refractivity contribution < 1.29 is 24.0 Å². The van der Waals surface area contributed by atoms with E-state index in [2.05, 4.69) is 0 Å². The lowest BCUT2D eigenvalue weighted by Gasteiger charge is -2.27. The summed E-state index contributed by atoms with van der Waals surface area (Å²) in [5.41, 5.74) is 0.658. The molecule has 120 valence electrons. The third-order valence-electron chi connectivity index (χ3n) is 4.19. The molecule has 1 saturated heterocycles. The average molecular weight is 306 g/mol. The molecule has 1 aromatic carbocycles. The first-order valence-corrected chi connectivity index (χ1v) is 7.82. The monoisotopic (exact) mass is 306 g/mol. The number of benzene rings is 1. The SMILES string of the molecule is COC(=O)C1CC[NH+](CCCOc2ccc(C=O)cc2)CC1. The third-order valence-corrected chi connectivity index (χ3v) is 4.19. The maximum Gasteiger partial charge on any atom is 0.309 e.